The van der Waals surface area contributed by atoms with Crippen LogP contribution in [0.3, 0.4) is 0 Å². The molecule has 1 N–H and O–H groups in total. The minimum atomic E-state index is -0.139. The fourth-order valence-corrected chi connectivity index (χ4v) is 3.66. The highest BCUT2D eigenvalue weighted by Crippen LogP contribution is 2.57. The van der Waals surface area contributed by atoms with Crippen LogP contribution in [0.25, 0.3) is 0 Å². The third kappa shape index (κ3) is 1.08. The van der Waals surface area contributed by atoms with Gasteiger partial charge >= 0.3 is 5.97 Å². The highest BCUT2D eigenvalue weighted by molar-refractivity contribution is 5.88. The summed E-state index contributed by atoms with van der Waals surface area (Å²) >= 11 is 0. The van der Waals surface area contributed by atoms with Gasteiger partial charge in [0, 0.05) is 12.5 Å². The summed E-state index contributed by atoms with van der Waals surface area (Å²) in [7, 11) is 0. The van der Waals surface area contributed by atoms with Crippen molar-refractivity contribution in [2.75, 3.05) is 6.54 Å². The summed E-state index contributed by atoms with van der Waals surface area (Å²) in [6.07, 6.45) is 2.02. The second-order valence-electron chi connectivity index (χ2n) is 4.82. The maximum atomic E-state index is 11.8. The van der Waals surface area contributed by atoms with Crippen LogP contribution in [0, 0.1) is 23.7 Å². The van der Waals surface area contributed by atoms with E-state index in [0.29, 0.717) is 18.4 Å². The average Bonchev–Trinajstić information content (AvgIpc) is 2.76. The van der Waals surface area contributed by atoms with Crippen LogP contribution in [0.15, 0.2) is 0 Å². The summed E-state index contributed by atoms with van der Waals surface area (Å²) < 4.78 is 5.28. The van der Waals surface area contributed by atoms with Gasteiger partial charge in [-0.3, -0.25) is 9.59 Å². The van der Waals surface area contributed by atoms with Crippen molar-refractivity contribution in [3.05, 3.63) is 0 Å². The molecule has 4 heteroatoms. The first-order valence-electron chi connectivity index (χ1n) is 5.70. The maximum Gasteiger partial charge on any atom is 0.310 e. The van der Waals surface area contributed by atoms with Gasteiger partial charge < -0.3 is 10.1 Å². The number of fused-ring (bicyclic) bond motifs is 1. The van der Waals surface area contributed by atoms with E-state index in [1.165, 1.54) is 0 Å². The Hall–Kier alpha value is -1.06. The molecule has 3 aliphatic rings. The van der Waals surface area contributed by atoms with Crippen molar-refractivity contribution in [1.29, 1.82) is 0 Å². The quantitative estimate of drug-likeness (QED) is 0.666. The van der Waals surface area contributed by atoms with Crippen molar-refractivity contribution in [3.8, 4) is 0 Å². The van der Waals surface area contributed by atoms with Gasteiger partial charge in [0.25, 0.3) is 0 Å². The summed E-state index contributed by atoms with van der Waals surface area (Å²) in [5.41, 5.74) is 0. The topological polar surface area (TPSA) is 55.4 Å². The van der Waals surface area contributed by atoms with E-state index in [9.17, 15) is 9.59 Å². The van der Waals surface area contributed by atoms with Crippen LogP contribution < -0.4 is 5.32 Å². The molecular formula is C11H15NO3. The number of esters is 1. The van der Waals surface area contributed by atoms with Crippen LogP contribution in [-0.2, 0) is 14.3 Å². The van der Waals surface area contributed by atoms with Gasteiger partial charge in [0.1, 0.15) is 6.10 Å². The predicted molar refractivity (Wildman–Crippen MR) is 51.8 cm³/mol. The second-order valence-corrected chi connectivity index (χ2v) is 4.82. The molecule has 0 spiro atoms. The fraction of sp³-hybridized carbons (Fsp3) is 0.818. The SMILES string of the molecule is CCNC(=O)[C@H]1[C@@H]2C[C@@H]3[C@@H]1C(=O)O[C@@H]3C2. The van der Waals surface area contributed by atoms with Crippen LogP contribution in [0.4, 0.5) is 0 Å². The van der Waals surface area contributed by atoms with Crippen LogP contribution in [-0.4, -0.2) is 24.5 Å². The lowest BCUT2D eigenvalue weighted by molar-refractivity contribution is -0.145. The molecule has 4 nitrogen and oxygen atoms in total. The van der Waals surface area contributed by atoms with E-state index in [4.69, 9.17) is 4.74 Å². The lowest BCUT2D eigenvalue weighted by Gasteiger charge is -2.23. The fourth-order valence-electron chi connectivity index (χ4n) is 3.66. The first kappa shape index (κ1) is 9.19. The maximum absolute atomic E-state index is 11.8. The molecule has 3 fully saturated rings. The van der Waals surface area contributed by atoms with Gasteiger partial charge in [-0.05, 0) is 25.7 Å². The number of carbonyl (C=O) groups is 2. The molecule has 2 aliphatic carbocycles. The number of hydrogen-bond donors (Lipinski definition) is 1. The van der Waals surface area contributed by atoms with Crippen LogP contribution in [0.5, 0.6) is 0 Å². The van der Waals surface area contributed by atoms with E-state index >= 15 is 0 Å². The Morgan fingerprint density at radius 3 is 3.07 bits per heavy atom. The lowest BCUT2D eigenvalue weighted by Crippen LogP contribution is -2.39. The number of nitrogens with one attached hydrogen (secondary N) is 1. The molecule has 82 valence electrons. The van der Waals surface area contributed by atoms with Gasteiger partial charge in [-0.15, -0.1) is 0 Å². The van der Waals surface area contributed by atoms with Crippen molar-refractivity contribution in [2.24, 2.45) is 23.7 Å². The van der Waals surface area contributed by atoms with Gasteiger partial charge in [-0.1, -0.05) is 0 Å². The molecule has 3 rings (SSSR count). The summed E-state index contributed by atoms with van der Waals surface area (Å²) in [4.78, 5) is 23.5. The molecule has 0 aromatic heterocycles. The molecule has 5 atom stereocenters. The molecule has 1 aliphatic heterocycles. The van der Waals surface area contributed by atoms with Gasteiger partial charge in [0.05, 0.1) is 11.8 Å². The summed E-state index contributed by atoms with van der Waals surface area (Å²) in [5.74, 6) is 0.369. The Labute approximate surface area is 88.4 Å². The van der Waals surface area contributed by atoms with Crippen molar-refractivity contribution in [1.82, 2.24) is 5.32 Å². The minimum Gasteiger partial charge on any atom is -0.462 e. The van der Waals surface area contributed by atoms with Crippen molar-refractivity contribution in [3.63, 3.8) is 0 Å². The number of rotatable bonds is 2. The zero-order chi connectivity index (χ0) is 10.6. The predicted octanol–water partition coefficient (Wildman–Crippen LogP) is 0.320. The Kier molecular flexibility index (Phi) is 1.82. The summed E-state index contributed by atoms with van der Waals surface area (Å²) in [5, 5.41) is 2.83. The molecule has 2 bridgehead atoms. The average molecular weight is 209 g/mol. The molecule has 1 saturated heterocycles. The van der Waals surface area contributed by atoms with E-state index in [1.807, 2.05) is 6.92 Å². The van der Waals surface area contributed by atoms with E-state index in [1.54, 1.807) is 0 Å². The van der Waals surface area contributed by atoms with E-state index in [-0.39, 0.29) is 29.8 Å². The molecule has 15 heavy (non-hydrogen) atoms. The third-order valence-corrected chi connectivity index (χ3v) is 4.14. The molecule has 1 heterocycles. The van der Waals surface area contributed by atoms with Gasteiger partial charge in [-0.25, -0.2) is 0 Å². The Morgan fingerprint density at radius 2 is 2.33 bits per heavy atom. The van der Waals surface area contributed by atoms with Crippen LogP contribution >= 0.6 is 0 Å². The van der Waals surface area contributed by atoms with Gasteiger partial charge in [0.2, 0.25) is 5.91 Å². The highest BCUT2D eigenvalue weighted by atomic mass is 16.6. The molecule has 2 saturated carbocycles. The first-order valence-corrected chi connectivity index (χ1v) is 5.70. The molecular weight excluding hydrogens is 194 g/mol. The van der Waals surface area contributed by atoms with Gasteiger partial charge in [-0.2, -0.15) is 0 Å². The van der Waals surface area contributed by atoms with Gasteiger partial charge in [0.15, 0.2) is 0 Å². The second kappa shape index (κ2) is 2.97. The molecule has 0 aromatic carbocycles. The Morgan fingerprint density at radius 1 is 1.53 bits per heavy atom. The standard InChI is InChI=1S/C11H15NO3/c1-2-12-10(13)8-5-3-6-7(4-5)15-11(14)9(6)8/h5-9H,2-4H2,1H3,(H,12,13)/t5-,6+,7-,8+,9+/m1/s1. The Balaban J connectivity index is 1.86. The third-order valence-electron chi connectivity index (χ3n) is 4.14. The molecule has 1 amide bonds. The monoisotopic (exact) mass is 209 g/mol. The zero-order valence-electron chi connectivity index (χ0n) is 8.73. The van der Waals surface area contributed by atoms with E-state index in [2.05, 4.69) is 5.32 Å². The summed E-state index contributed by atoms with van der Waals surface area (Å²) in [6.45, 7) is 2.54. The molecule has 0 aromatic rings. The van der Waals surface area contributed by atoms with E-state index < -0.39 is 0 Å². The van der Waals surface area contributed by atoms with Crippen molar-refractivity contribution in [2.45, 2.75) is 25.9 Å². The summed E-state index contributed by atoms with van der Waals surface area (Å²) in [6, 6.07) is 0. The first-order chi connectivity index (χ1) is 7.22. The zero-order valence-corrected chi connectivity index (χ0v) is 8.73. The smallest absolute Gasteiger partial charge is 0.310 e. The number of amides is 1. The number of ether oxygens (including phenoxy) is 1. The number of hydrogen-bond acceptors (Lipinski definition) is 3. The largest absolute Gasteiger partial charge is 0.462 e. The van der Waals surface area contributed by atoms with E-state index in [0.717, 1.165) is 12.8 Å². The van der Waals surface area contributed by atoms with Crippen molar-refractivity contribution < 1.29 is 14.3 Å². The molecule has 0 radical (unpaired) electrons. The normalized spacial score (nSPS) is 45.7. The van der Waals surface area contributed by atoms with Crippen molar-refractivity contribution >= 4 is 11.9 Å². The van der Waals surface area contributed by atoms with Crippen LogP contribution in [0.1, 0.15) is 19.8 Å². The van der Waals surface area contributed by atoms with Crippen LogP contribution in [0.2, 0.25) is 0 Å². The minimum absolute atomic E-state index is 0.0484. The highest BCUT2D eigenvalue weighted by Gasteiger charge is 2.63. The molecule has 0 unspecified atom stereocenters. The Bertz CT molecular complexity index is 326. The number of carbonyl (C=O) groups excluding carboxylic acids is 2. The lowest BCUT2D eigenvalue weighted by atomic mass is 9.79.